The van der Waals surface area contributed by atoms with Gasteiger partial charge in [0.2, 0.25) is 0 Å². The van der Waals surface area contributed by atoms with Gasteiger partial charge in [-0.05, 0) is 24.3 Å². The van der Waals surface area contributed by atoms with E-state index in [1.807, 2.05) is 30.3 Å². The fourth-order valence-electron chi connectivity index (χ4n) is 2.01. The maximum absolute atomic E-state index is 9.67. The van der Waals surface area contributed by atoms with Crippen molar-refractivity contribution in [3.05, 3.63) is 60.3 Å². The number of phenols is 2. The fraction of sp³-hybridized carbons (Fsp3) is 0. The SMILES string of the molecule is Oc1ccc(/C=N/Nc2cccc3cccnc23)c(O)c1. The number of nitrogens with one attached hydrogen (secondary N) is 1. The van der Waals surface area contributed by atoms with E-state index in [1.165, 1.54) is 18.3 Å². The summed E-state index contributed by atoms with van der Waals surface area (Å²) < 4.78 is 0. The molecule has 5 heteroatoms. The van der Waals surface area contributed by atoms with E-state index < -0.39 is 0 Å². The van der Waals surface area contributed by atoms with E-state index in [-0.39, 0.29) is 11.5 Å². The lowest BCUT2D eigenvalue weighted by molar-refractivity contribution is 0.450. The van der Waals surface area contributed by atoms with Gasteiger partial charge in [0.1, 0.15) is 11.5 Å². The Labute approximate surface area is 121 Å². The van der Waals surface area contributed by atoms with Gasteiger partial charge >= 0.3 is 0 Å². The number of hydrogen-bond acceptors (Lipinski definition) is 5. The molecule has 1 heterocycles. The summed E-state index contributed by atoms with van der Waals surface area (Å²) in [7, 11) is 0. The van der Waals surface area contributed by atoms with Crippen LogP contribution in [0, 0.1) is 0 Å². The third-order valence-corrected chi connectivity index (χ3v) is 3.04. The molecule has 1 aromatic heterocycles. The molecule has 3 rings (SSSR count). The number of hydrogen-bond donors (Lipinski definition) is 3. The van der Waals surface area contributed by atoms with Crippen LogP contribution in [0.5, 0.6) is 11.5 Å². The number of benzene rings is 2. The summed E-state index contributed by atoms with van der Waals surface area (Å²) in [4.78, 5) is 4.32. The van der Waals surface area contributed by atoms with Gasteiger partial charge in [-0.2, -0.15) is 5.10 Å². The molecule has 104 valence electrons. The Morgan fingerprint density at radius 1 is 1.05 bits per heavy atom. The number of fused-ring (bicyclic) bond motifs is 1. The fourth-order valence-corrected chi connectivity index (χ4v) is 2.01. The van der Waals surface area contributed by atoms with Crippen LogP contribution >= 0.6 is 0 Å². The average Bonchev–Trinajstić information content (AvgIpc) is 2.50. The van der Waals surface area contributed by atoms with E-state index in [9.17, 15) is 10.2 Å². The molecular formula is C16H13N3O2. The predicted octanol–water partition coefficient (Wildman–Crippen LogP) is 3.09. The van der Waals surface area contributed by atoms with Crippen molar-refractivity contribution < 1.29 is 10.2 Å². The van der Waals surface area contributed by atoms with Crippen LogP contribution in [0.15, 0.2) is 59.8 Å². The molecule has 0 fully saturated rings. The predicted molar refractivity (Wildman–Crippen MR) is 82.7 cm³/mol. The molecule has 21 heavy (non-hydrogen) atoms. The number of anilines is 1. The minimum atomic E-state index is -0.0309. The standard InChI is InChI=1S/C16H13N3O2/c20-13-7-6-12(15(21)9-13)10-18-19-14-5-1-3-11-4-2-8-17-16(11)14/h1-10,19-21H/b18-10+. The van der Waals surface area contributed by atoms with E-state index in [0.717, 1.165) is 16.6 Å². The van der Waals surface area contributed by atoms with Crippen molar-refractivity contribution in [3.63, 3.8) is 0 Å². The van der Waals surface area contributed by atoms with Gasteiger partial charge in [0.05, 0.1) is 17.4 Å². The van der Waals surface area contributed by atoms with Crippen molar-refractivity contribution in [2.75, 3.05) is 5.43 Å². The van der Waals surface area contributed by atoms with Crippen LogP contribution < -0.4 is 5.43 Å². The van der Waals surface area contributed by atoms with Crippen LogP contribution in [0.3, 0.4) is 0 Å². The number of rotatable bonds is 3. The topological polar surface area (TPSA) is 77.7 Å². The zero-order valence-corrected chi connectivity index (χ0v) is 11.1. The van der Waals surface area contributed by atoms with Gasteiger partial charge in [-0.3, -0.25) is 10.4 Å². The molecular weight excluding hydrogens is 266 g/mol. The average molecular weight is 279 g/mol. The highest BCUT2D eigenvalue weighted by Crippen LogP contribution is 2.22. The van der Waals surface area contributed by atoms with Crippen LogP contribution in [-0.4, -0.2) is 21.4 Å². The van der Waals surface area contributed by atoms with Gasteiger partial charge in [-0.15, -0.1) is 0 Å². The van der Waals surface area contributed by atoms with Crippen molar-refractivity contribution in [1.29, 1.82) is 0 Å². The Morgan fingerprint density at radius 2 is 1.90 bits per heavy atom. The molecule has 5 nitrogen and oxygen atoms in total. The molecule has 0 unspecified atom stereocenters. The highest BCUT2D eigenvalue weighted by atomic mass is 16.3. The van der Waals surface area contributed by atoms with Gasteiger partial charge in [0.25, 0.3) is 0 Å². The summed E-state index contributed by atoms with van der Waals surface area (Å²) >= 11 is 0. The van der Waals surface area contributed by atoms with Crippen molar-refractivity contribution in [3.8, 4) is 11.5 Å². The summed E-state index contributed by atoms with van der Waals surface area (Å²) in [6.07, 6.45) is 3.21. The first-order chi connectivity index (χ1) is 10.2. The zero-order valence-electron chi connectivity index (χ0n) is 11.1. The van der Waals surface area contributed by atoms with Gasteiger partial charge in [-0.1, -0.05) is 18.2 Å². The summed E-state index contributed by atoms with van der Waals surface area (Å²) in [5, 5.41) is 24.0. The molecule has 0 amide bonds. The Morgan fingerprint density at radius 3 is 2.76 bits per heavy atom. The molecule has 0 bridgehead atoms. The lowest BCUT2D eigenvalue weighted by atomic mass is 10.2. The van der Waals surface area contributed by atoms with Crippen molar-refractivity contribution in [2.45, 2.75) is 0 Å². The van der Waals surface area contributed by atoms with Gasteiger partial charge in [0.15, 0.2) is 0 Å². The first-order valence-electron chi connectivity index (χ1n) is 6.39. The molecule has 0 aliphatic rings. The van der Waals surface area contributed by atoms with Crippen LogP contribution in [0.4, 0.5) is 5.69 Å². The second-order valence-corrected chi connectivity index (χ2v) is 4.49. The first-order valence-corrected chi connectivity index (χ1v) is 6.39. The zero-order chi connectivity index (χ0) is 14.7. The molecule has 0 spiro atoms. The minimum absolute atomic E-state index is 0.0101. The molecule has 0 saturated carbocycles. The molecule has 3 N–H and O–H groups in total. The Balaban J connectivity index is 1.84. The third-order valence-electron chi connectivity index (χ3n) is 3.04. The molecule has 0 atom stereocenters. The normalized spacial score (nSPS) is 11.0. The molecule has 0 aliphatic carbocycles. The number of hydrazone groups is 1. The van der Waals surface area contributed by atoms with Crippen molar-refractivity contribution in [2.24, 2.45) is 5.10 Å². The molecule has 0 radical (unpaired) electrons. The number of phenolic OH excluding ortho intramolecular Hbond substituents is 2. The van der Waals surface area contributed by atoms with Crippen molar-refractivity contribution >= 4 is 22.8 Å². The van der Waals surface area contributed by atoms with Crippen LogP contribution in [-0.2, 0) is 0 Å². The van der Waals surface area contributed by atoms with E-state index in [2.05, 4.69) is 15.5 Å². The first kappa shape index (κ1) is 12.9. The van der Waals surface area contributed by atoms with Gasteiger partial charge in [-0.25, -0.2) is 0 Å². The molecule has 0 aliphatic heterocycles. The minimum Gasteiger partial charge on any atom is -0.508 e. The van der Waals surface area contributed by atoms with E-state index in [0.29, 0.717) is 5.56 Å². The lowest BCUT2D eigenvalue weighted by Gasteiger charge is -2.04. The van der Waals surface area contributed by atoms with Crippen molar-refractivity contribution in [1.82, 2.24) is 4.98 Å². The molecule has 3 aromatic rings. The largest absolute Gasteiger partial charge is 0.508 e. The Kier molecular flexibility index (Phi) is 3.39. The molecule has 0 saturated heterocycles. The number of nitrogens with zero attached hydrogens (tertiary/aromatic N) is 2. The third kappa shape index (κ3) is 2.76. The summed E-state index contributed by atoms with van der Waals surface area (Å²) in [6, 6.07) is 14.0. The monoisotopic (exact) mass is 279 g/mol. The Bertz CT molecular complexity index is 810. The maximum atomic E-state index is 9.67. The van der Waals surface area contributed by atoms with Crippen LogP contribution in [0.2, 0.25) is 0 Å². The summed E-state index contributed by atoms with van der Waals surface area (Å²) in [5.74, 6) is -0.0209. The quantitative estimate of drug-likeness (QED) is 0.508. The summed E-state index contributed by atoms with van der Waals surface area (Å²) in [5.41, 5.74) is 5.03. The highest BCUT2D eigenvalue weighted by Gasteiger charge is 2.01. The second kappa shape index (κ2) is 5.50. The highest BCUT2D eigenvalue weighted by molar-refractivity contribution is 5.91. The van der Waals surface area contributed by atoms with Crippen LogP contribution in [0.25, 0.3) is 10.9 Å². The van der Waals surface area contributed by atoms with E-state index >= 15 is 0 Å². The Hall–Kier alpha value is -3.08. The van der Waals surface area contributed by atoms with Crippen LogP contribution in [0.1, 0.15) is 5.56 Å². The van der Waals surface area contributed by atoms with Gasteiger partial charge in [0, 0.05) is 23.2 Å². The second-order valence-electron chi connectivity index (χ2n) is 4.49. The number of pyridine rings is 1. The smallest absolute Gasteiger partial charge is 0.128 e. The number of aromatic hydroxyl groups is 2. The summed E-state index contributed by atoms with van der Waals surface area (Å²) in [6.45, 7) is 0. The maximum Gasteiger partial charge on any atom is 0.128 e. The van der Waals surface area contributed by atoms with E-state index in [4.69, 9.17) is 0 Å². The lowest BCUT2D eigenvalue weighted by Crippen LogP contribution is -1.93. The number of aromatic nitrogens is 1. The van der Waals surface area contributed by atoms with E-state index in [1.54, 1.807) is 12.3 Å². The van der Waals surface area contributed by atoms with Gasteiger partial charge < -0.3 is 10.2 Å². The number of para-hydroxylation sites is 1. The molecule has 2 aromatic carbocycles.